The number of rotatable bonds is 13. The van der Waals surface area contributed by atoms with Gasteiger partial charge in [-0.3, -0.25) is 9.59 Å². The fourth-order valence-corrected chi connectivity index (χ4v) is 4.86. The maximum absolute atomic E-state index is 14.1. The fraction of sp³-hybridized carbons (Fsp3) is 0.375. The molecule has 0 radical (unpaired) electrons. The molecule has 0 fully saturated rings. The molecule has 0 unspecified atom stereocenters. The zero-order valence-electron chi connectivity index (χ0n) is 23.6. The lowest BCUT2D eigenvalue weighted by molar-refractivity contribution is 0.0316. The summed E-state index contributed by atoms with van der Waals surface area (Å²) >= 11 is 0. The van der Waals surface area contributed by atoms with Gasteiger partial charge in [-0.05, 0) is 78.3 Å². The molecule has 0 aliphatic heterocycles. The number of nitrogens with two attached hydrogens (primary N) is 1. The number of primary amides is 1. The van der Waals surface area contributed by atoms with Gasteiger partial charge in [-0.1, -0.05) is 45.0 Å². The van der Waals surface area contributed by atoms with Crippen LogP contribution in [-0.2, 0) is 19.4 Å². The highest BCUT2D eigenvalue weighted by Crippen LogP contribution is 2.21. The molecule has 3 aromatic carbocycles. The number of aliphatic hydroxyl groups is 1. The Hall–Kier alpha value is -3.62. The lowest BCUT2D eigenvalue weighted by atomic mass is 9.96. The number of nitrogens with zero attached hydrogens (tertiary/aromatic N) is 1. The summed E-state index contributed by atoms with van der Waals surface area (Å²) in [6, 6.07) is 15.2. The summed E-state index contributed by atoms with van der Waals surface area (Å²) < 4.78 is 28.2. The van der Waals surface area contributed by atoms with Crippen LogP contribution in [0.15, 0.2) is 60.7 Å². The van der Waals surface area contributed by atoms with Gasteiger partial charge >= 0.3 is 0 Å². The summed E-state index contributed by atoms with van der Waals surface area (Å²) in [6.07, 6.45) is -0.134. The molecule has 3 rings (SSSR count). The predicted molar refractivity (Wildman–Crippen MR) is 153 cm³/mol. The van der Waals surface area contributed by atoms with Gasteiger partial charge in [0.05, 0.1) is 12.1 Å². The molecule has 0 aliphatic carbocycles. The number of benzene rings is 3. The lowest BCUT2D eigenvalue weighted by Crippen LogP contribution is -2.52. The van der Waals surface area contributed by atoms with Crippen LogP contribution in [-0.4, -0.2) is 47.1 Å². The summed E-state index contributed by atoms with van der Waals surface area (Å²) in [7, 11) is 0. The highest BCUT2D eigenvalue weighted by Gasteiger charge is 2.32. The largest absolute Gasteiger partial charge is 0.390 e. The van der Waals surface area contributed by atoms with Crippen LogP contribution in [0.25, 0.3) is 0 Å². The van der Waals surface area contributed by atoms with Gasteiger partial charge in [0, 0.05) is 36.8 Å². The van der Waals surface area contributed by atoms with Crippen LogP contribution in [0.2, 0.25) is 0 Å². The van der Waals surface area contributed by atoms with E-state index in [2.05, 4.69) is 24.4 Å². The molecule has 4 N–H and O–H groups in total. The fourth-order valence-electron chi connectivity index (χ4n) is 4.86. The molecule has 2 amide bonds. The van der Waals surface area contributed by atoms with Crippen molar-refractivity contribution in [2.24, 2.45) is 11.7 Å². The number of halogens is 2. The third kappa shape index (κ3) is 8.69. The average Bonchev–Trinajstić information content (AvgIpc) is 2.89. The maximum Gasteiger partial charge on any atom is 0.254 e. The molecule has 40 heavy (non-hydrogen) atoms. The molecule has 8 heteroatoms. The Labute approximate surface area is 235 Å². The summed E-state index contributed by atoms with van der Waals surface area (Å²) in [4.78, 5) is 27.4. The molecule has 0 saturated heterocycles. The number of carbonyl (C=O) groups is 2. The molecule has 0 aliphatic rings. The Morgan fingerprint density at radius 2 is 1.60 bits per heavy atom. The minimum atomic E-state index is -1.07. The van der Waals surface area contributed by atoms with Crippen molar-refractivity contribution in [2.45, 2.75) is 59.2 Å². The second kappa shape index (κ2) is 14.1. The van der Waals surface area contributed by atoms with Crippen LogP contribution in [0.3, 0.4) is 0 Å². The Morgan fingerprint density at radius 3 is 2.23 bits per heavy atom. The van der Waals surface area contributed by atoms with Gasteiger partial charge in [-0.25, -0.2) is 8.78 Å². The van der Waals surface area contributed by atoms with E-state index in [4.69, 9.17) is 5.73 Å². The van der Waals surface area contributed by atoms with E-state index in [1.54, 1.807) is 19.1 Å². The van der Waals surface area contributed by atoms with E-state index in [0.717, 1.165) is 18.1 Å². The number of aryl methyl sites for hydroxylation is 2. The lowest BCUT2D eigenvalue weighted by Gasteiger charge is -2.37. The SMILES string of the molecule is CCc1cccc(CNC[C@@H](O)[C@H](Cc2cc(F)cc(F)c2)N(CC(C)C)C(=O)c2cc(C)cc(C(N)=O)c2)c1. The van der Waals surface area contributed by atoms with E-state index in [1.165, 1.54) is 28.7 Å². The first-order valence-electron chi connectivity index (χ1n) is 13.6. The van der Waals surface area contributed by atoms with Gasteiger partial charge in [0.2, 0.25) is 5.91 Å². The van der Waals surface area contributed by atoms with Crippen LogP contribution >= 0.6 is 0 Å². The third-order valence-corrected chi connectivity index (χ3v) is 6.73. The molecular weight excluding hydrogens is 512 g/mol. The summed E-state index contributed by atoms with van der Waals surface area (Å²) in [5.74, 6) is -2.51. The van der Waals surface area contributed by atoms with Gasteiger partial charge in [0.15, 0.2) is 0 Å². The van der Waals surface area contributed by atoms with Crippen molar-refractivity contribution in [3.8, 4) is 0 Å². The first-order valence-corrected chi connectivity index (χ1v) is 13.6. The predicted octanol–water partition coefficient (Wildman–Crippen LogP) is 4.79. The van der Waals surface area contributed by atoms with Crippen molar-refractivity contribution in [2.75, 3.05) is 13.1 Å². The van der Waals surface area contributed by atoms with Crippen molar-refractivity contribution >= 4 is 11.8 Å². The van der Waals surface area contributed by atoms with Gasteiger partial charge in [-0.2, -0.15) is 0 Å². The minimum Gasteiger partial charge on any atom is -0.390 e. The van der Waals surface area contributed by atoms with Crippen LogP contribution in [0, 0.1) is 24.5 Å². The zero-order chi connectivity index (χ0) is 29.4. The van der Waals surface area contributed by atoms with Crippen LogP contribution in [0.1, 0.15) is 63.7 Å². The van der Waals surface area contributed by atoms with Crippen LogP contribution in [0.4, 0.5) is 8.78 Å². The zero-order valence-corrected chi connectivity index (χ0v) is 23.6. The molecule has 0 heterocycles. The number of hydrogen-bond acceptors (Lipinski definition) is 4. The number of carbonyl (C=O) groups excluding carboxylic acids is 2. The maximum atomic E-state index is 14.1. The smallest absolute Gasteiger partial charge is 0.254 e. The Balaban J connectivity index is 1.94. The second-order valence-corrected chi connectivity index (χ2v) is 10.7. The molecule has 2 atom stereocenters. The number of aliphatic hydroxyl groups excluding tert-OH is 1. The quantitative estimate of drug-likeness (QED) is 0.285. The van der Waals surface area contributed by atoms with Gasteiger partial charge in [-0.15, -0.1) is 0 Å². The third-order valence-electron chi connectivity index (χ3n) is 6.73. The minimum absolute atomic E-state index is 0.0214. The summed E-state index contributed by atoms with van der Waals surface area (Å²) in [6.45, 7) is 8.64. The van der Waals surface area contributed by atoms with Crippen LogP contribution in [0.5, 0.6) is 0 Å². The summed E-state index contributed by atoms with van der Waals surface area (Å²) in [5.41, 5.74) is 9.20. The van der Waals surface area contributed by atoms with E-state index >= 15 is 0 Å². The highest BCUT2D eigenvalue weighted by molar-refractivity contribution is 5.99. The molecule has 6 nitrogen and oxygen atoms in total. The monoisotopic (exact) mass is 551 g/mol. The normalized spacial score (nSPS) is 12.8. The van der Waals surface area contributed by atoms with Gasteiger partial charge in [0.25, 0.3) is 5.91 Å². The van der Waals surface area contributed by atoms with E-state index in [0.29, 0.717) is 17.7 Å². The van der Waals surface area contributed by atoms with Crippen molar-refractivity contribution in [3.63, 3.8) is 0 Å². The molecule has 3 aromatic rings. The average molecular weight is 552 g/mol. The van der Waals surface area contributed by atoms with E-state index < -0.39 is 35.6 Å². The first-order chi connectivity index (χ1) is 19.0. The number of amides is 2. The number of nitrogens with one attached hydrogen (secondary N) is 1. The van der Waals surface area contributed by atoms with Gasteiger partial charge < -0.3 is 21.1 Å². The standard InChI is InChI=1S/C32H39F2N3O3/c1-5-22-7-6-8-23(11-22)17-36-18-30(38)29(14-24-12-27(33)16-28(34)13-24)37(19-20(2)3)32(40)26-10-21(4)9-25(15-26)31(35)39/h6-13,15-16,20,29-30,36,38H,5,14,17-19H2,1-4H3,(H2,35,39)/t29-,30+/m0/s1. The first kappa shape index (κ1) is 30.9. The Bertz CT molecular complexity index is 1310. The van der Waals surface area contributed by atoms with Crippen molar-refractivity contribution in [1.29, 1.82) is 0 Å². The van der Waals surface area contributed by atoms with Crippen LogP contribution < -0.4 is 11.1 Å². The highest BCUT2D eigenvalue weighted by atomic mass is 19.1. The molecule has 0 spiro atoms. The summed E-state index contributed by atoms with van der Waals surface area (Å²) in [5, 5.41) is 14.7. The van der Waals surface area contributed by atoms with Crippen molar-refractivity contribution < 1.29 is 23.5 Å². The molecule has 214 valence electrons. The molecule has 0 bridgehead atoms. The molecule has 0 aromatic heterocycles. The molecular formula is C32H39F2N3O3. The van der Waals surface area contributed by atoms with E-state index in [-0.39, 0.29) is 36.6 Å². The van der Waals surface area contributed by atoms with Crippen molar-refractivity contribution in [3.05, 3.63) is 106 Å². The molecule has 0 saturated carbocycles. The topological polar surface area (TPSA) is 95.7 Å². The Kier molecular flexibility index (Phi) is 10.9. The van der Waals surface area contributed by atoms with E-state index in [9.17, 15) is 23.5 Å². The van der Waals surface area contributed by atoms with Crippen molar-refractivity contribution in [1.82, 2.24) is 10.2 Å². The Morgan fingerprint density at radius 1 is 0.950 bits per heavy atom. The van der Waals surface area contributed by atoms with Gasteiger partial charge in [0.1, 0.15) is 11.6 Å². The second-order valence-electron chi connectivity index (χ2n) is 10.7. The van der Waals surface area contributed by atoms with E-state index in [1.807, 2.05) is 26.0 Å². The number of hydrogen-bond donors (Lipinski definition) is 3.